The van der Waals surface area contributed by atoms with Crippen molar-refractivity contribution in [2.75, 3.05) is 14.2 Å². The van der Waals surface area contributed by atoms with E-state index in [1.54, 1.807) is 14.2 Å². The molecule has 0 radical (unpaired) electrons. The molecule has 1 aromatic carbocycles. The molecule has 1 saturated carbocycles. The van der Waals surface area contributed by atoms with Gasteiger partial charge in [-0.15, -0.1) is 0 Å². The van der Waals surface area contributed by atoms with Crippen molar-refractivity contribution in [1.82, 2.24) is 0 Å². The maximum atomic E-state index is 10.9. The van der Waals surface area contributed by atoms with E-state index in [-0.39, 0.29) is 5.41 Å². The molecular formula is C18H28O3. The van der Waals surface area contributed by atoms with Crippen LogP contribution in [0.2, 0.25) is 0 Å². The second kappa shape index (κ2) is 6.27. The van der Waals surface area contributed by atoms with Crippen LogP contribution in [0.4, 0.5) is 0 Å². The molecule has 1 N–H and O–H groups in total. The molecule has 3 nitrogen and oxygen atoms in total. The Labute approximate surface area is 128 Å². The summed E-state index contributed by atoms with van der Waals surface area (Å²) in [5.41, 5.74) is 2.20. The molecule has 0 aliphatic heterocycles. The minimum Gasteiger partial charge on any atom is -0.493 e. The van der Waals surface area contributed by atoms with Gasteiger partial charge in [0.25, 0.3) is 0 Å². The van der Waals surface area contributed by atoms with E-state index >= 15 is 0 Å². The van der Waals surface area contributed by atoms with E-state index in [0.29, 0.717) is 17.4 Å². The quantitative estimate of drug-likeness (QED) is 0.901. The van der Waals surface area contributed by atoms with Gasteiger partial charge in [0.15, 0.2) is 11.5 Å². The van der Waals surface area contributed by atoms with Gasteiger partial charge in [0.1, 0.15) is 0 Å². The molecule has 0 saturated heterocycles. The van der Waals surface area contributed by atoms with Gasteiger partial charge in [0.2, 0.25) is 0 Å². The number of rotatable bonds is 4. The summed E-state index contributed by atoms with van der Waals surface area (Å²) in [6.07, 6.45) is 4.29. The first-order valence-corrected chi connectivity index (χ1v) is 7.81. The van der Waals surface area contributed by atoms with Gasteiger partial charge in [0.05, 0.1) is 20.3 Å². The predicted octanol–water partition coefficient (Wildman–Crippen LogP) is 4.26. The van der Waals surface area contributed by atoms with Crippen LogP contribution in [0, 0.1) is 18.3 Å². The average molecular weight is 292 g/mol. The fourth-order valence-corrected chi connectivity index (χ4v) is 3.64. The normalized spacial score (nSPS) is 22.7. The Bertz CT molecular complexity index is 493. The average Bonchev–Trinajstić information content (AvgIpc) is 2.45. The van der Waals surface area contributed by atoms with Crippen molar-refractivity contribution >= 4 is 0 Å². The molecule has 2 rings (SSSR count). The second-order valence-electron chi connectivity index (χ2n) is 6.85. The van der Waals surface area contributed by atoms with E-state index in [9.17, 15) is 5.11 Å². The highest BCUT2D eigenvalue weighted by Gasteiger charge is 2.38. The Hall–Kier alpha value is -1.22. The number of aliphatic hydroxyl groups excluding tert-OH is 1. The summed E-state index contributed by atoms with van der Waals surface area (Å²) in [5, 5.41) is 10.9. The van der Waals surface area contributed by atoms with Crippen molar-refractivity contribution in [1.29, 1.82) is 0 Å². The van der Waals surface area contributed by atoms with Gasteiger partial charge in [-0.1, -0.05) is 26.7 Å². The lowest BCUT2D eigenvalue weighted by Crippen LogP contribution is -2.32. The van der Waals surface area contributed by atoms with Crippen LogP contribution in [-0.4, -0.2) is 19.3 Å². The highest BCUT2D eigenvalue weighted by atomic mass is 16.5. The van der Waals surface area contributed by atoms with Crippen molar-refractivity contribution in [2.45, 2.75) is 52.6 Å². The fraction of sp³-hybridized carbons (Fsp3) is 0.667. The molecule has 2 atom stereocenters. The molecule has 0 heterocycles. The first kappa shape index (κ1) is 16.2. The molecule has 0 amide bonds. The fourth-order valence-electron chi connectivity index (χ4n) is 3.64. The zero-order chi connectivity index (χ0) is 15.6. The SMILES string of the molecule is COc1cc(C)c(C(O)C2CCCCC2(C)C)cc1OC. The third-order valence-electron chi connectivity index (χ3n) is 5.06. The van der Waals surface area contributed by atoms with Crippen molar-refractivity contribution in [3.05, 3.63) is 23.3 Å². The molecule has 2 unspecified atom stereocenters. The van der Waals surface area contributed by atoms with Gasteiger partial charge in [-0.2, -0.15) is 0 Å². The topological polar surface area (TPSA) is 38.7 Å². The molecule has 1 aliphatic carbocycles. The van der Waals surface area contributed by atoms with Crippen LogP contribution in [-0.2, 0) is 0 Å². The number of aryl methyl sites for hydroxylation is 1. The summed E-state index contributed by atoms with van der Waals surface area (Å²) in [6, 6.07) is 3.89. The predicted molar refractivity (Wildman–Crippen MR) is 85.0 cm³/mol. The summed E-state index contributed by atoms with van der Waals surface area (Å²) in [6.45, 7) is 6.57. The van der Waals surface area contributed by atoms with E-state index in [4.69, 9.17) is 9.47 Å². The third kappa shape index (κ3) is 3.18. The lowest BCUT2D eigenvalue weighted by Gasteiger charge is -2.41. The summed E-state index contributed by atoms with van der Waals surface area (Å²) in [4.78, 5) is 0. The number of ether oxygens (including phenoxy) is 2. The Balaban J connectivity index is 2.36. The number of hydrogen-bond acceptors (Lipinski definition) is 3. The molecule has 0 bridgehead atoms. The van der Waals surface area contributed by atoms with Gasteiger partial charge in [0, 0.05) is 0 Å². The van der Waals surface area contributed by atoms with E-state index < -0.39 is 6.10 Å². The van der Waals surface area contributed by atoms with Crippen LogP contribution in [0.3, 0.4) is 0 Å². The monoisotopic (exact) mass is 292 g/mol. The first-order valence-electron chi connectivity index (χ1n) is 7.81. The van der Waals surface area contributed by atoms with Crippen LogP contribution in [0.25, 0.3) is 0 Å². The summed E-state index contributed by atoms with van der Waals surface area (Å²) >= 11 is 0. The zero-order valence-corrected chi connectivity index (χ0v) is 13.9. The highest BCUT2D eigenvalue weighted by molar-refractivity contribution is 5.48. The van der Waals surface area contributed by atoms with Crippen molar-refractivity contribution in [3.8, 4) is 11.5 Å². The molecule has 1 fully saturated rings. The Kier molecular flexibility index (Phi) is 4.82. The largest absolute Gasteiger partial charge is 0.493 e. The van der Waals surface area contributed by atoms with E-state index in [2.05, 4.69) is 13.8 Å². The van der Waals surface area contributed by atoms with Crippen LogP contribution in [0.1, 0.15) is 56.8 Å². The summed E-state index contributed by atoms with van der Waals surface area (Å²) in [7, 11) is 3.27. The maximum Gasteiger partial charge on any atom is 0.161 e. The number of benzene rings is 1. The van der Waals surface area contributed by atoms with Crippen molar-refractivity contribution < 1.29 is 14.6 Å². The number of aliphatic hydroxyl groups is 1. The van der Waals surface area contributed by atoms with Crippen molar-refractivity contribution in [3.63, 3.8) is 0 Å². The zero-order valence-electron chi connectivity index (χ0n) is 13.9. The molecular weight excluding hydrogens is 264 g/mol. The summed E-state index contributed by atoms with van der Waals surface area (Å²) in [5.74, 6) is 1.70. The van der Waals surface area contributed by atoms with E-state index in [1.165, 1.54) is 19.3 Å². The molecule has 1 aliphatic rings. The minimum absolute atomic E-state index is 0.178. The van der Waals surface area contributed by atoms with Gasteiger partial charge >= 0.3 is 0 Å². The number of hydrogen-bond donors (Lipinski definition) is 1. The lowest BCUT2D eigenvalue weighted by atomic mass is 9.65. The Morgan fingerprint density at radius 3 is 2.33 bits per heavy atom. The molecule has 0 spiro atoms. The third-order valence-corrected chi connectivity index (χ3v) is 5.06. The second-order valence-corrected chi connectivity index (χ2v) is 6.85. The molecule has 21 heavy (non-hydrogen) atoms. The number of methoxy groups -OCH3 is 2. The van der Waals surface area contributed by atoms with Crippen LogP contribution in [0.5, 0.6) is 11.5 Å². The van der Waals surface area contributed by atoms with E-state index in [1.807, 2.05) is 19.1 Å². The van der Waals surface area contributed by atoms with Gasteiger partial charge < -0.3 is 14.6 Å². The smallest absolute Gasteiger partial charge is 0.161 e. The van der Waals surface area contributed by atoms with E-state index in [0.717, 1.165) is 17.5 Å². The van der Waals surface area contributed by atoms with Gasteiger partial charge in [-0.25, -0.2) is 0 Å². The Morgan fingerprint density at radius 1 is 1.14 bits per heavy atom. The molecule has 118 valence electrons. The minimum atomic E-state index is -0.444. The molecule has 3 heteroatoms. The van der Waals surface area contributed by atoms with Crippen molar-refractivity contribution in [2.24, 2.45) is 11.3 Å². The van der Waals surface area contributed by atoms with Crippen LogP contribution < -0.4 is 9.47 Å². The molecule has 0 aromatic heterocycles. The van der Waals surface area contributed by atoms with Crippen LogP contribution in [0.15, 0.2) is 12.1 Å². The maximum absolute atomic E-state index is 10.9. The highest BCUT2D eigenvalue weighted by Crippen LogP contribution is 2.48. The van der Waals surface area contributed by atoms with Gasteiger partial charge in [-0.3, -0.25) is 0 Å². The molecule has 1 aromatic rings. The summed E-state index contributed by atoms with van der Waals surface area (Å²) < 4.78 is 10.7. The Morgan fingerprint density at radius 2 is 1.76 bits per heavy atom. The van der Waals surface area contributed by atoms with Gasteiger partial charge in [-0.05, 0) is 54.4 Å². The standard InChI is InChI=1S/C18H28O3/c1-12-10-15(20-4)16(21-5)11-13(12)17(19)14-8-6-7-9-18(14,2)3/h10-11,14,17,19H,6-9H2,1-5H3. The first-order chi connectivity index (χ1) is 9.90. The van der Waals surface area contributed by atoms with Crippen LogP contribution >= 0.6 is 0 Å². The lowest BCUT2D eigenvalue weighted by molar-refractivity contribution is 0.00340.